The number of benzene rings is 1. The highest BCUT2D eigenvalue weighted by Crippen LogP contribution is 2.15. The van der Waals surface area contributed by atoms with Crippen LogP contribution in [0.1, 0.15) is 16.2 Å². The first kappa shape index (κ1) is 15.7. The molecule has 1 N–H and O–H groups in total. The van der Waals surface area contributed by atoms with Crippen LogP contribution in [0.4, 0.5) is 0 Å². The van der Waals surface area contributed by atoms with E-state index in [9.17, 15) is 18.0 Å². The van der Waals surface area contributed by atoms with Crippen molar-refractivity contribution in [2.75, 3.05) is 0 Å². The van der Waals surface area contributed by atoms with E-state index < -0.39 is 21.6 Å². The molecular formula is C14H11N5O4S. The summed E-state index contributed by atoms with van der Waals surface area (Å²) in [5.74, 6) is -1.97. The molecule has 0 spiro atoms. The van der Waals surface area contributed by atoms with Crippen LogP contribution in [0, 0.1) is 0 Å². The number of aromatic nitrogens is 5. The second-order valence-corrected chi connectivity index (χ2v) is 6.68. The van der Waals surface area contributed by atoms with Crippen molar-refractivity contribution >= 4 is 21.6 Å². The van der Waals surface area contributed by atoms with Gasteiger partial charge in [-0.2, -0.15) is 5.21 Å². The van der Waals surface area contributed by atoms with Gasteiger partial charge in [-0.1, -0.05) is 18.2 Å². The molecule has 2 aromatic heterocycles. The van der Waals surface area contributed by atoms with Crippen molar-refractivity contribution in [3.63, 3.8) is 0 Å². The summed E-state index contributed by atoms with van der Waals surface area (Å²) >= 11 is 0. The van der Waals surface area contributed by atoms with Crippen molar-refractivity contribution in [3.8, 4) is 0 Å². The van der Waals surface area contributed by atoms with Crippen LogP contribution in [0.2, 0.25) is 0 Å². The first-order valence-corrected chi connectivity index (χ1v) is 8.21. The summed E-state index contributed by atoms with van der Waals surface area (Å²) < 4.78 is 25.9. The molecule has 3 rings (SSSR count). The summed E-state index contributed by atoms with van der Waals surface area (Å²) in [5.41, 5.74) is 0.386. The highest BCUT2D eigenvalue weighted by atomic mass is 32.2. The van der Waals surface area contributed by atoms with Gasteiger partial charge in [-0.25, -0.2) is 12.4 Å². The molecule has 0 saturated heterocycles. The Kier molecular flexibility index (Phi) is 4.04. The van der Waals surface area contributed by atoms with E-state index in [-0.39, 0.29) is 17.1 Å². The van der Waals surface area contributed by atoms with Gasteiger partial charge in [0.1, 0.15) is 0 Å². The van der Waals surface area contributed by atoms with E-state index in [2.05, 4.69) is 20.6 Å². The van der Waals surface area contributed by atoms with Gasteiger partial charge in [0.15, 0.2) is 0 Å². The summed E-state index contributed by atoms with van der Waals surface area (Å²) in [4.78, 5) is 23.8. The Bertz CT molecular complexity index is 977. The fourth-order valence-electron chi connectivity index (χ4n) is 2.04. The first-order valence-electron chi connectivity index (χ1n) is 6.77. The van der Waals surface area contributed by atoms with Crippen LogP contribution in [-0.2, 0) is 21.2 Å². The maximum absolute atomic E-state index is 12.4. The minimum Gasteiger partial charge on any atom is -0.290 e. The smallest absolute Gasteiger partial charge is 0.269 e. The highest BCUT2D eigenvalue weighted by molar-refractivity contribution is 7.90. The number of carbonyl (C=O) groups excluding carboxylic acids is 2. The molecule has 122 valence electrons. The molecule has 0 radical (unpaired) electrons. The van der Waals surface area contributed by atoms with Crippen molar-refractivity contribution in [1.29, 1.82) is 0 Å². The zero-order chi connectivity index (χ0) is 17.2. The van der Waals surface area contributed by atoms with Gasteiger partial charge in [0.2, 0.25) is 11.6 Å². The lowest BCUT2D eigenvalue weighted by atomic mass is 10.1. The van der Waals surface area contributed by atoms with E-state index in [4.69, 9.17) is 0 Å². The number of ketones is 2. The fourth-order valence-corrected chi connectivity index (χ4v) is 3.28. The Morgan fingerprint density at radius 2 is 1.88 bits per heavy atom. The Morgan fingerprint density at radius 3 is 2.54 bits per heavy atom. The molecule has 0 aliphatic rings. The van der Waals surface area contributed by atoms with E-state index in [0.29, 0.717) is 5.56 Å². The van der Waals surface area contributed by atoms with Gasteiger partial charge in [0.25, 0.3) is 15.8 Å². The number of H-pyrrole nitrogens is 1. The predicted octanol–water partition coefficient (Wildman–Crippen LogP) is 0.233. The number of tetrazole rings is 1. The molecule has 0 bridgehead atoms. The summed E-state index contributed by atoms with van der Waals surface area (Å²) in [6.45, 7) is 0. The fraction of sp³-hybridized carbons (Fsp3) is 0.0714. The molecule has 0 unspecified atom stereocenters. The van der Waals surface area contributed by atoms with Gasteiger partial charge in [0.05, 0.1) is 4.90 Å². The third-order valence-electron chi connectivity index (χ3n) is 3.21. The zero-order valence-corrected chi connectivity index (χ0v) is 13.0. The summed E-state index contributed by atoms with van der Waals surface area (Å²) in [6.07, 6.45) is 2.36. The van der Waals surface area contributed by atoms with E-state index >= 15 is 0 Å². The molecule has 0 atom stereocenters. The minimum absolute atomic E-state index is 0.126. The monoisotopic (exact) mass is 345 g/mol. The number of hydrogen-bond donors (Lipinski definition) is 1. The average molecular weight is 345 g/mol. The summed E-state index contributed by atoms with van der Waals surface area (Å²) in [6, 6.07) is 9.35. The van der Waals surface area contributed by atoms with Crippen LogP contribution in [-0.4, -0.2) is 44.6 Å². The molecule has 1 aromatic carbocycles. The van der Waals surface area contributed by atoms with Crippen molar-refractivity contribution in [1.82, 2.24) is 24.6 Å². The Balaban J connectivity index is 1.79. The van der Waals surface area contributed by atoms with Crippen molar-refractivity contribution in [3.05, 3.63) is 60.2 Å². The molecule has 2 heterocycles. The zero-order valence-electron chi connectivity index (χ0n) is 12.2. The number of Topliss-reactive ketones (excluding diaryl/α,β-unsaturated/α-hetero) is 2. The third-order valence-corrected chi connectivity index (χ3v) is 4.86. The molecule has 24 heavy (non-hydrogen) atoms. The van der Waals surface area contributed by atoms with Crippen LogP contribution in [0.3, 0.4) is 0 Å². The summed E-state index contributed by atoms with van der Waals surface area (Å²) in [7, 11) is -3.74. The highest BCUT2D eigenvalue weighted by Gasteiger charge is 2.22. The SMILES string of the molecule is O=C(Cc1ccn(S(=O)(=O)c2ccccc2)c1)C(=O)c1nn[nH]n1. The lowest BCUT2D eigenvalue weighted by molar-refractivity contribution is -0.114. The molecule has 0 saturated carbocycles. The maximum atomic E-state index is 12.4. The molecule has 3 aromatic rings. The second-order valence-electron chi connectivity index (χ2n) is 4.83. The number of hydrogen-bond acceptors (Lipinski definition) is 7. The van der Waals surface area contributed by atoms with Crippen molar-refractivity contribution in [2.24, 2.45) is 0 Å². The van der Waals surface area contributed by atoms with Gasteiger partial charge >= 0.3 is 0 Å². The average Bonchev–Trinajstić information content (AvgIpc) is 3.27. The van der Waals surface area contributed by atoms with Crippen molar-refractivity contribution < 1.29 is 18.0 Å². The quantitative estimate of drug-likeness (QED) is 0.500. The van der Waals surface area contributed by atoms with E-state index in [0.717, 1.165) is 3.97 Å². The Morgan fingerprint density at radius 1 is 1.12 bits per heavy atom. The lowest BCUT2D eigenvalue weighted by Crippen LogP contribution is -2.18. The van der Waals surface area contributed by atoms with Gasteiger partial charge in [-0.15, -0.1) is 10.2 Å². The molecule has 9 nitrogen and oxygen atoms in total. The van der Waals surface area contributed by atoms with Gasteiger partial charge in [-0.05, 0) is 29.0 Å². The van der Waals surface area contributed by atoms with Crippen LogP contribution >= 0.6 is 0 Å². The molecule has 0 amide bonds. The van der Waals surface area contributed by atoms with Crippen LogP contribution in [0.15, 0.2) is 53.7 Å². The van der Waals surface area contributed by atoms with Gasteiger partial charge in [-0.3, -0.25) is 9.59 Å². The first-order chi connectivity index (χ1) is 11.5. The van der Waals surface area contributed by atoms with Crippen molar-refractivity contribution in [2.45, 2.75) is 11.3 Å². The van der Waals surface area contributed by atoms with Crippen LogP contribution in [0.5, 0.6) is 0 Å². The molecule has 0 aliphatic heterocycles. The van der Waals surface area contributed by atoms with Gasteiger partial charge in [0, 0.05) is 18.8 Å². The number of rotatable bonds is 6. The van der Waals surface area contributed by atoms with E-state index in [1.165, 1.54) is 30.6 Å². The topological polar surface area (TPSA) is 128 Å². The van der Waals surface area contributed by atoms with Gasteiger partial charge < -0.3 is 0 Å². The largest absolute Gasteiger partial charge is 0.290 e. The normalized spacial score (nSPS) is 11.3. The molecule has 10 heteroatoms. The third kappa shape index (κ3) is 2.99. The Labute approximate surface area is 136 Å². The number of carbonyl (C=O) groups is 2. The van der Waals surface area contributed by atoms with E-state index in [1.54, 1.807) is 18.2 Å². The maximum Gasteiger partial charge on any atom is 0.269 e. The molecule has 0 aliphatic carbocycles. The van der Waals surface area contributed by atoms with Crippen LogP contribution < -0.4 is 0 Å². The Hall–Kier alpha value is -3.14. The summed E-state index contributed by atoms with van der Waals surface area (Å²) in [5, 5.41) is 12.2. The standard InChI is InChI=1S/C14H11N5O4S/c20-12(13(21)14-15-17-18-16-14)8-10-6-7-19(9-10)24(22,23)11-4-2-1-3-5-11/h1-7,9H,8H2,(H,15,16,17,18). The number of nitrogens with zero attached hydrogens (tertiary/aromatic N) is 4. The number of nitrogens with one attached hydrogen (secondary N) is 1. The second kappa shape index (κ2) is 6.16. The van der Waals surface area contributed by atoms with E-state index in [1.807, 2.05) is 0 Å². The lowest BCUT2D eigenvalue weighted by Gasteiger charge is -2.04. The minimum atomic E-state index is -3.74. The molecule has 0 fully saturated rings. The van der Waals surface area contributed by atoms with Crippen LogP contribution in [0.25, 0.3) is 0 Å². The molecular weight excluding hydrogens is 334 g/mol. The predicted molar refractivity (Wildman–Crippen MR) is 80.7 cm³/mol. The number of aromatic amines is 1.